The molecule has 0 radical (unpaired) electrons. The van der Waals surface area contributed by atoms with Crippen molar-refractivity contribution >= 4 is 0 Å². The minimum atomic E-state index is 0.0407. The first kappa shape index (κ1) is 8.53. The summed E-state index contributed by atoms with van der Waals surface area (Å²) in [5.74, 6) is 0. The molecule has 0 atom stereocenters. The van der Waals surface area contributed by atoms with Crippen LogP contribution in [-0.4, -0.2) is 4.57 Å². The van der Waals surface area contributed by atoms with Crippen LogP contribution >= 0.6 is 0 Å². The second kappa shape index (κ2) is 4.34. The maximum Gasteiger partial charge on any atom is 0.181 e. The summed E-state index contributed by atoms with van der Waals surface area (Å²) in [5.41, 5.74) is 0.0407. The molecule has 12 heavy (non-hydrogen) atoms. The van der Waals surface area contributed by atoms with E-state index < -0.39 is 0 Å². The predicted octanol–water partition coefficient (Wildman–Crippen LogP) is 1.59. The number of allylic oxidation sites excluding steroid dienone is 3. The van der Waals surface area contributed by atoms with Gasteiger partial charge in [-0.05, 0) is 0 Å². The van der Waals surface area contributed by atoms with Gasteiger partial charge in [0.2, 0.25) is 0 Å². The summed E-state index contributed by atoms with van der Waals surface area (Å²) in [6.07, 6.45) is 9.09. The van der Waals surface area contributed by atoms with Crippen LogP contribution in [0.1, 0.15) is 0 Å². The number of rotatable bonds is 3. The van der Waals surface area contributed by atoms with Crippen LogP contribution < -0.4 is 5.43 Å². The van der Waals surface area contributed by atoms with E-state index in [4.69, 9.17) is 0 Å². The van der Waals surface area contributed by atoms with Crippen LogP contribution in [0.15, 0.2) is 54.1 Å². The molecule has 1 aromatic rings. The number of hydrogen-bond acceptors (Lipinski definition) is 1. The molecule has 0 spiro atoms. The second-order valence-corrected chi connectivity index (χ2v) is 2.39. The average Bonchev–Trinajstić information content (AvgIpc) is 2.09. The third-order valence-electron chi connectivity index (χ3n) is 1.45. The summed E-state index contributed by atoms with van der Waals surface area (Å²) in [7, 11) is 0. The molecule has 0 fully saturated rings. The fourth-order valence-corrected chi connectivity index (χ4v) is 0.844. The van der Waals surface area contributed by atoms with E-state index in [1.54, 1.807) is 30.6 Å². The molecule has 0 aliphatic rings. The highest BCUT2D eigenvalue weighted by Gasteiger charge is 1.83. The molecule has 0 aliphatic carbocycles. The molecular formula is C10H11NO. The van der Waals surface area contributed by atoms with Gasteiger partial charge in [0, 0.05) is 31.1 Å². The SMILES string of the molecule is C=CC=CCn1ccc(=O)cc1. The molecule has 1 aromatic heterocycles. The molecule has 0 saturated heterocycles. The fourth-order valence-electron chi connectivity index (χ4n) is 0.844. The summed E-state index contributed by atoms with van der Waals surface area (Å²) in [5, 5.41) is 0. The minimum absolute atomic E-state index is 0.0407. The van der Waals surface area contributed by atoms with Gasteiger partial charge in [0.15, 0.2) is 5.43 Å². The van der Waals surface area contributed by atoms with E-state index in [1.807, 2.05) is 16.7 Å². The Morgan fingerprint density at radius 2 is 2.08 bits per heavy atom. The Balaban J connectivity index is 2.64. The van der Waals surface area contributed by atoms with Crippen molar-refractivity contribution < 1.29 is 0 Å². The highest BCUT2D eigenvalue weighted by atomic mass is 16.1. The monoisotopic (exact) mass is 161 g/mol. The van der Waals surface area contributed by atoms with Gasteiger partial charge in [-0.3, -0.25) is 4.79 Å². The highest BCUT2D eigenvalue weighted by Crippen LogP contribution is 1.85. The van der Waals surface area contributed by atoms with Crippen molar-refractivity contribution in [1.82, 2.24) is 4.57 Å². The van der Waals surface area contributed by atoms with Gasteiger partial charge in [-0.25, -0.2) is 0 Å². The van der Waals surface area contributed by atoms with Gasteiger partial charge in [0.25, 0.3) is 0 Å². The zero-order valence-corrected chi connectivity index (χ0v) is 6.81. The zero-order valence-electron chi connectivity index (χ0n) is 6.81. The lowest BCUT2D eigenvalue weighted by Gasteiger charge is -1.98. The molecule has 0 N–H and O–H groups in total. The van der Waals surface area contributed by atoms with Gasteiger partial charge in [0.05, 0.1) is 0 Å². The van der Waals surface area contributed by atoms with E-state index in [-0.39, 0.29) is 5.43 Å². The molecule has 0 aromatic carbocycles. The summed E-state index contributed by atoms with van der Waals surface area (Å²) >= 11 is 0. The van der Waals surface area contributed by atoms with Gasteiger partial charge < -0.3 is 4.57 Å². The van der Waals surface area contributed by atoms with Crippen molar-refractivity contribution in [2.24, 2.45) is 0 Å². The van der Waals surface area contributed by atoms with Crippen molar-refractivity contribution in [3.63, 3.8) is 0 Å². The van der Waals surface area contributed by atoms with Crippen LogP contribution in [0.5, 0.6) is 0 Å². The molecule has 0 aliphatic heterocycles. The second-order valence-electron chi connectivity index (χ2n) is 2.39. The first-order valence-corrected chi connectivity index (χ1v) is 3.76. The van der Waals surface area contributed by atoms with E-state index >= 15 is 0 Å². The first-order valence-electron chi connectivity index (χ1n) is 3.76. The Morgan fingerprint density at radius 3 is 2.67 bits per heavy atom. The van der Waals surface area contributed by atoms with Gasteiger partial charge in [0.1, 0.15) is 0 Å². The van der Waals surface area contributed by atoms with Crippen LogP contribution in [0.4, 0.5) is 0 Å². The lowest BCUT2D eigenvalue weighted by atomic mass is 10.4. The fraction of sp³-hybridized carbons (Fsp3) is 0.100. The van der Waals surface area contributed by atoms with Crippen LogP contribution in [-0.2, 0) is 6.54 Å². The molecule has 0 saturated carbocycles. The first-order chi connectivity index (χ1) is 5.83. The summed E-state index contributed by atoms with van der Waals surface area (Å²) in [6, 6.07) is 3.09. The van der Waals surface area contributed by atoms with E-state index in [2.05, 4.69) is 6.58 Å². The maximum absolute atomic E-state index is 10.7. The zero-order chi connectivity index (χ0) is 8.81. The largest absolute Gasteiger partial charge is 0.350 e. The smallest absolute Gasteiger partial charge is 0.181 e. The molecule has 0 amide bonds. The van der Waals surface area contributed by atoms with Crippen molar-refractivity contribution in [3.05, 3.63) is 59.6 Å². The minimum Gasteiger partial charge on any atom is -0.350 e. The lowest BCUT2D eigenvalue weighted by Crippen LogP contribution is -2.02. The molecule has 2 heteroatoms. The molecule has 1 rings (SSSR count). The number of nitrogens with zero attached hydrogens (tertiary/aromatic N) is 1. The van der Waals surface area contributed by atoms with Crippen molar-refractivity contribution in [1.29, 1.82) is 0 Å². The highest BCUT2D eigenvalue weighted by molar-refractivity contribution is 4.99. The van der Waals surface area contributed by atoms with Crippen LogP contribution in [0.2, 0.25) is 0 Å². The van der Waals surface area contributed by atoms with E-state index in [0.717, 1.165) is 6.54 Å². The van der Waals surface area contributed by atoms with E-state index in [1.165, 1.54) is 0 Å². The molecule has 0 unspecified atom stereocenters. The van der Waals surface area contributed by atoms with Gasteiger partial charge in [-0.15, -0.1) is 0 Å². The molecule has 1 heterocycles. The maximum atomic E-state index is 10.7. The van der Waals surface area contributed by atoms with Crippen LogP contribution in [0.3, 0.4) is 0 Å². The third-order valence-corrected chi connectivity index (χ3v) is 1.45. The Morgan fingerprint density at radius 1 is 1.42 bits per heavy atom. The quantitative estimate of drug-likeness (QED) is 0.617. The average molecular weight is 161 g/mol. The summed E-state index contributed by atoms with van der Waals surface area (Å²) in [6.45, 7) is 4.33. The molecular weight excluding hydrogens is 150 g/mol. The summed E-state index contributed by atoms with van der Waals surface area (Å²) < 4.78 is 1.92. The van der Waals surface area contributed by atoms with Crippen LogP contribution in [0, 0.1) is 0 Å². The topological polar surface area (TPSA) is 22.0 Å². The Labute approximate surface area is 71.5 Å². The summed E-state index contributed by atoms with van der Waals surface area (Å²) in [4.78, 5) is 10.7. The molecule has 62 valence electrons. The normalized spacial score (nSPS) is 10.3. The third kappa shape index (κ3) is 2.58. The standard InChI is InChI=1S/C10H11NO/c1-2-3-4-7-11-8-5-10(12)6-9-11/h2-6,8-9H,1,7H2. The Kier molecular flexibility index (Phi) is 3.08. The number of pyridine rings is 1. The van der Waals surface area contributed by atoms with Gasteiger partial charge in [-0.2, -0.15) is 0 Å². The van der Waals surface area contributed by atoms with Crippen LogP contribution in [0.25, 0.3) is 0 Å². The van der Waals surface area contributed by atoms with Crippen molar-refractivity contribution in [3.8, 4) is 0 Å². The Bertz CT molecular complexity index is 315. The van der Waals surface area contributed by atoms with E-state index in [9.17, 15) is 4.79 Å². The number of hydrogen-bond donors (Lipinski definition) is 0. The van der Waals surface area contributed by atoms with Gasteiger partial charge in [-0.1, -0.05) is 24.8 Å². The number of aromatic nitrogens is 1. The lowest BCUT2D eigenvalue weighted by molar-refractivity contribution is 0.811. The van der Waals surface area contributed by atoms with Gasteiger partial charge >= 0.3 is 0 Å². The van der Waals surface area contributed by atoms with Crippen molar-refractivity contribution in [2.75, 3.05) is 0 Å². The van der Waals surface area contributed by atoms with Crippen molar-refractivity contribution in [2.45, 2.75) is 6.54 Å². The van der Waals surface area contributed by atoms with E-state index in [0.29, 0.717) is 0 Å². The Hall–Kier alpha value is -1.57. The molecule has 2 nitrogen and oxygen atoms in total. The molecule has 0 bridgehead atoms. The predicted molar refractivity (Wildman–Crippen MR) is 50.0 cm³/mol.